The summed E-state index contributed by atoms with van der Waals surface area (Å²) in [6.45, 7) is 14.7. The first kappa shape index (κ1) is 37.7. The van der Waals surface area contributed by atoms with Crippen molar-refractivity contribution in [2.24, 2.45) is 15.7 Å². The van der Waals surface area contributed by atoms with E-state index in [-0.39, 0.29) is 0 Å². The van der Waals surface area contributed by atoms with E-state index in [1.165, 1.54) is 16.7 Å². The van der Waals surface area contributed by atoms with Crippen molar-refractivity contribution in [3.05, 3.63) is 208 Å². The second-order valence-electron chi connectivity index (χ2n) is 13.5. The molecule has 1 heterocycles. The molecule has 5 aromatic rings. The highest BCUT2D eigenvalue weighted by Gasteiger charge is 2.25. The number of hydrogen-bond donors (Lipinski definition) is 2. The molecule has 2 aliphatic rings. The average molecular weight is 707 g/mol. The van der Waals surface area contributed by atoms with Gasteiger partial charge in [0, 0.05) is 28.1 Å². The third-order valence-electron chi connectivity index (χ3n) is 9.77. The number of nitrogens with zero attached hydrogens (tertiary/aromatic N) is 2. The van der Waals surface area contributed by atoms with E-state index in [1.807, 2.05) is 26.0 Å². The van der Waals surface area contributed by atoms with Gasteiger partial charge in [0.2, 0.25) is 0 Å². The molecule has 54 heavy (non-hydrogen) atoms. The maximum absolute atomic E-state index is 7.42. The summed E-state index contributed by atoms with van der Waals surface area (Å²) < 4.78 is 0. The second-order valence-corrected chi connectivity index (χ2v) is 13.5. The van der Waals surface area contributed by atoms with Crippen molar-refractivity contribution in [2.75, 3.05) is 0 Å². The summed E-state index contributed by atoms with van der Waals surface area (Å²) in [5, 5.41) is 3.82. The first-order chi connectivity index (χ1) is 26.3. The molecule has 1 aliphatic carbocycles. The largest absolute Gasteiger partial charge is 0.354 e. The molecule has 5 aromatic carbocycles. The number of aryl methyl sites for hydroxylation is 1. The van der Waals surface area contributed by atoms with Gasteiger partial charge in [0.1, 0.15) is 0 Å². The summed E-state index contributed by atoms with van der Waals surface area (Å²) in [5.41, 5.74) is 23.0. The molecule has 0 saturated carbocycles. The summed E-state index contributed by atoms with van der Waals surface area (Å²) in [6.07, 6.45) is 8.57. The van der Waals surface area contributed by atoms with E-state index in [0.29, 0.717) is 11.5 Å². The normalized spacial score (nSPS) is 15.6. The lowest BCUT2D eigenvalue weighted by Crippen LogP contribution is -2.22. The lowest BCUT2D eigenvalue weighted by molar-refractivity contribution is 0.927. The molecule has 0 saturated heterocycles. The lowest BCUT2D eigenvalue weighted by atomic mass is 9.86. The summed E-state index contributed by atoms with van der Waals surface area (Å²) in [4.78, 5) is 10.3. The molecule has 3 N–H and O–H groups in total. The monoisotopic (exact) mass is 706 g/mol. The van der Waals surface area contributed by atoms with Crippen LogP contribution in [0.2, 0.25) is 0 Å². The van der Waals surface area contributed by atoms with E-state index in [2.05, 4.69) is 172 Å². The third kappa shape index (κ3) is 8.74. The van der Waals surface area contributed by atoms with Crippen LogP contribution < -0.4 is 11.1 Å². The predicted octanol–water partition coefficient (Wildman–Crippen LogP) is 12.2. The predicted molar refractivity (Wildman–Crippen MR) is 233 cm³/mol. The minimum absolute atomic E-state index is 0.478. The van der Waals surface area contributed by atoms with Crippen LogP contribution >= 0.6 is 0 Å². The van der Waals surface area contributed by atoms with Crippen LogP contribution in [0.3, 0.4) is 0 Å². The van der Waals surface area contributed by atoms with Gasteiger partial charge in [0.25, 0.3) is 0 Å². The van der Waals surface area contributed by atoms with E-state index >= 15 is 0 Å². The van der Waals surface area contributed by atoms with Crippen molar-refractivity contribution >= 4 is 40.3 Å². The van der Waals surface area contributed by atoms with E-state index in [0.717, 1.165) is 74.5 Å². The Labute approximate surface area is 321 Å². The second kappa shape index (κ2) is 17.6. The van der Waals surface area contributed by atoms with Gasteiger partial charge in [-0.1, -0.05) is 171 Å². The molecule has 0 spiro atoms. The van der Waals surface area contributed by atoms with E-state index in [9.17, 15) is 0 Å². The molecule has 1 aliphatic heterocycles. The summed E-state index contributed by atoms with van der Waals surface area (Å²) in [7, 11) is 0. The lowest BCUT2D eigenvalue weighted by Gasteiger charge is -2.28. The Kier molecular flexibility index (Phi) is 12.3. The maximum atomic E-state index is 7.42. The number of hydrogen-bond acceptors (Lipinski definition) is 3. The molecule has 0 bridgehead atoms. The van der Waals surface area contributed by atoms with Crippen LogP contribution in [0, 0.1) is 6.92 Å². The van der Waals surface area contributed by atoms with Crippen molar-refractivity contribution in [2.45, 2.75) is 53.5 Å². The molecule has 0 radical (unpaired) electrons. The van der Waals surface area contributed by atoms with Crippen LogP contribution in [-0.2, 0) is 0 Å². The molecule has 4 heteroatoms. The maximum Gasteiger partial charge on any atom is 0.160 e. The Hall–Kier alpha value is -6.10. The molecule has 270 valence electrons. The Morgan fingerprint density at radius 1 is 0.704 bits per heavy atom. The van der Waals surface area contributed by atoms with Gasteiger partial charge in [-0.15, -0.1) is 0 Å². The third-order valence-corrected chi connectivity index (χ3v) is 9.77. The Morgan fingerprint density at radius 2 is 1.37 bits per heavy atom. The van der Waals surface area contributed by atoms with Crippen LogP contribution in [0.25, 0.3) is 28.7 Å². The van der Waals surface area contributed by atoms with Crippen molar-refractivity contribution in [3.63, 3.8) is 0 Å². The number of fused-ring (bicyclic) bond motifs is 1. The van der Waals surface area contributed by atoms with Crippen LogP contribution in [0.1, 0.15) is 91.1 Å². The smallest absolute Gasteiger partial charge is 0.160 e. The van der Waals surface area contributed by atoms with Crippen LogP contribution in [0.5, 0.6) is 0 Å². The highest BCUT2D eigenvalue weighted by molar-refractivity contribution is 6.13. The standard InChI is InChI=1S/C48H44N4.C2H6/c1-32-22-26-36(27-23-32)34(3)50-48(51-35(4)37-28-24-33(2)25-29-37)42-20-13-19-41(30-42)46(49)45(39-16-9-6-10-17-39)47-43-21-12-11-18-40(43)31-44(52-47)38-14-7-5-8-15-38;1-2/h5-24,26-28,30-31,46,52H,3,25,29,49H2,1-2,4H3;1-2H3/b47-45-,50-48?,51-35?;. The quantitative estimate of drug-likeness (QED) is 0.125. The van der Waals surface area contributed by atoms with Gasteiger partial charge < -0.3 is 11.1 Å². The minimum atomic E-state index is -0.478. The average Bonchev–Trinajstić information content (AvgIpc) is 3.22. The zero-order valence-electron chi connectivity index (χ0n) is 32.1. The van der Waals surface area contributed by atoms with E-state index in [1.54, 1.807) is 0 Å². The molecule has 4 nitrogen and oxygen atoms in total. The van der Waals surface area contributed by atoms with Gasteiger partial charge in [0.05, 0.1) is 17.4 Å². The highest BCUT2D eigenvalue weighted by atomic mass is 14.9. The SMILES string of the molecule is C=C(N=C(N=C(C)C1=CC=C(C)CC1)c1cccc(C(N)/C(=C2\NC(c3ccccc3)=Cc3ccccc32)c2ccccc2)c1)c1ccc(C)cc1.CC. The van der Waals surface area contributed by atoms with Crippen molar-refractivity contribution in [3.8, 4) is 0 Å². The molecule has 1 unspecified atom stereocenters. The minimum Gasteiger partial charge on any atom is -0.354 e. The summed E-state index contributed by atoms with van der Waals surface area (Å²) >= 11 is 0. The molecule has 0 aromatic heterocycles. The van der Waals surface area contributed by atoms with Crippen LogP contribution in [0.4, 0.5) is 0 Å². The van der Waals surface area contributed by atoms with Crippen molar-refractivity contribution in [1.29, 1.82) is 0 Å². The topological polar surface area (TPSA) is 62.8 Å². The van der Waals surface area contributed by atoms with Gasteiger partial charge >= 0.3 is 0 Å². The van der Waals surface area contributed by atoms with Gasteiger partial charge in [-0.05, 0) is 79.1 Å². The molecule has 1 atom stereocenters. The van der Waals surface area contributed by atoms with Crippen LogP contribution in [-0.4, -0.2) is 11.5 Å². The van der Waals surface area contributed by atoms with Gasteiger partial charge in [-0.3, -0.25) is 0 Å². The van der Waals surface area contributed by atoms with Gasteiger partial charge in [0.15, 0.2) is 5.84 Å². The van der Waals surface area contributed by atoms with E-state index < -0.39 is 6.04 Å². The molecule has 7 rings (SSSR count). The number of allylic oxidation sites excluding steroid dienone is 4. The van der Waals surface area contributed by atoms with Crippen molar-refractivity contribution < 1.29 is 0 Å². The zero-order valence-corrected chi connectivity index (χ0v) is 32.1. The fourth-order valence-corrected chi connectivity index (χ4v) is 6.73. The Bertz CT molecular complexity index is 2300. The number of aliphatic imine (C=N–C) groups is 2. The van der Waals surface area contributed by atoms with Crippen LogP contribution in [0.15, 0.2) is 173 Å². The summed E-state index contributed by atoms with van der Waals surface area (Å²) in [5.74, 6) is 0.605. The number of amidine groups is 1. The van der Waals surface area contributed by atoms with E-state index in [4.69, 9.17) is 15.7 Å². The molecular weight excluding hydrogens is 657 g/mol. The fraction of sp³-hybridized carbons (Fsp3) is 0.160. The first-order valence-corrected chi connectivity index (χ1v) is 18.9. The fourth-order valence-electron chi connectivity index (χ4n) is 6.73. The number of benzene rings is 5. The van der Waals surface area contributed by atoms with Crippen molar-refractivity contribution in [1.82, 2.24) is 5.32 Å². The Morgan fingerprint density at radius 3 is 2.07 bits per heavy atom. The number of nitrogens with two attached hydrogens (primary N) is 1. The van der Waals surface area contributed by atoms with Gasteiger partial charge in [-0.25, -0.2) is 9.98 Å². The molecular formula is C50H50N4. The van der Waals surface area contributed by atoms with Gasteiger partial charge in [-0.2, -0.15) is 0 Å². The number of nitrogens with one attached hydrogen (secondary N) is 1. The zero-order chi connectivity index (χ0) is 38.0. The first-order valence-electron chi connectivity index (χ1n) is 18.9. The molecule has 0 fully saturated rings. The number of rotatable bonds is 8. The Balaban J connectivity index is 0.00000245. The molecule has 0 amide bonds. The highest BCUT2D eigenvalue weighted by Crippen LogP contribution is 2.39. The summed E-state index contributed by atoms with van der Waals surface area (Å²) in [6, 6.07) is 45.5.